The minimum atomic E-state index is 0.0447. The van der Waals surface area contributed by atoms with Gasteiger partial charge in [0.25, 0.3) is 13.4 Å². The molecule has 0 atom stereocenters. The fourth-order valence-electron chi connectivity index (χ4n) is 24.2. The first-order chi connectivity index (χ1) is 69.9. The Kier molecular flexibility index (Phi) is 17.0. The smallest absolute Gasteiger partial charge is 0.260 e. The van der Waals surface area contributed by atoms with Crippen molar-refractivity contribution in [3.05, 3.63) is 455 Å². The van der Waals surface area contributed by atoms with E-state index in [1.54, 1.807) is 0 Å². The highest BCUT2D eigenvalue weighted by molar-refractivity contribution is 8.01. The lowest BCUT2D eigenvalue weighted by molar-refractivity contribution is 0.463. The molecule has 6 aromatic heterocycles. The van der Waals surface area contributed by atoms with Crippen molar-refractivity contribution in [2.45, 2.75) is 19.6 Å². The Balaban J connectivity index is 0.0000000972. The predicted octanol–water partition coefficient (Wildman–Crippen LogP) is 26.5. The van der Waals surface area contributed by atoms with Gasteiger partial charge in [0.2, 0.25) is 6.71 Å². The molecular weight excluding hydrogens is 1760 g/mol. The van der Waals surface area contributed by atoms with Gasteiger partial charge in [0.05, 0.1) is 77.6 Å². The monoisotopic (exact) mass is 1830 g/mol. The van der Waals surface area contributed by atoms with Gasteiger partial charge in [-0.2, -0.15) is 0 Å². The summed E-state index contributed by atoms with van der Waals surface area (Å²) in [6, 6.07) is 164. The topological polar surface area (TPSA) is 66.5 Å². The van der Waals surface area contributed by atoms with E-state index >= 15 is 0 Å². The molecule has 0 saturated heterocycles. The quantitative estimate of drug-likeness (QED) is 0.155. The molecule has 0 aliphatic carbocycles. The van der Waals surface area contributed by atoms with Gasteiger partial charge in [-0.15, -0.1) is 0 Å². The molecule has 654 valence electrons. The van der Waals surface area contributed by atoms with Crippen molar-refractivity contribution >= 4 is 224 Å². The molecule has 0 bridgehead atoms. The summed E-state index contributed by atoms with van der Waals surface area (Å²) in [5, 5.41) is 14.9. The molecule has 10 nitrogen and oxygen atoms in total. The number of hydrogen-bond donors (Lipinski definition) is 0. The van der Waals surface area contributed by atoms with Crippen molar-refractivity contribution in [3.8, 4) is 80.1 Å². The lowest BCUT2D eigenvalue weighted by atomic mass is 9.35. The summed E-state index contributed by atoms with van der Waals surface area (Å²) in [5.41, 5.74) is 32.0. The van der Waals surface area contributed by atoms with Crippen molar-refractivity contribution < 1.29 is 18.9 Å². The summed E-state index contributed by atoms with van der Waals surface area (Å²) in [6.07, 6.45) is 0. The summed E-state index contributed by atoms with van der Waals surface area (Å²) in [6.45, 7) is 0.345. The fourth-order valence-corrected chi connectivity index (χ4v) is 26.7. The van der Waals surface area contributed by atoms with Crippen molar-refractivity contribution in [1.82, 2.24) is 27.4 Å². The van der Waals surface area contributed by atoms with Crippen LogP contribution in [-0.2, 0) is 0 Å². The van der Waals surface area contributed by atoms with Gasteiger partial charge in [0, 0.05) is 142 Å². The Bertz CT molecular complexity index is 9490. The number of benzene rings is 21. The molecule has 27 aromatic rings. The summed E-state index contributed by atoms with van der Waals surface area (Å²) in [7, 11) is 0. The van der Waals surface area contributed by atoms with Crippen LogP contribution in [0.15, 0.2) is 475 Å². The van der Waals surface area contributed by atoms with E-state index in [1.165, 1.54) is 167 Å². The lowest BCUT2D eigenvalue weighted by Crippen LogP contribution is -2.58. The van der Waals surface area contributed by atoms with Crippen LogP contribution in [0.4, 0.5) is 0 Å². The average Bonchev–Trinajstić information content (AvgIpc) is 1.63. The second kappa shape index (κ2) is 30.5. The maximum absolute atomic E-state index is 6.69. The van der Waals surface area contributed by atoms with Gasteiger partial charge in [-0.05, 0) is 185 Å². The number of fused-ring (bicyclic) bond motifs is 30. The molecule has 0 spiro atoms. The van der Waals surface area contributed by atoms with Crippen LogP contribution in [0.3, 0.4) is 0 Å². The van der Waals surface area contributed by atoms with Gasteiger partial charge < -0.3 is 46.4 Å². The van der Waals surface area contributed by atoms with Crippen LogP contribution in [0.2, 0.25) is 0 Å². The number of ether oxygens (including phenoxy) is 4. The molecular formula is C126H75B3N6O4S2. The van der Waals surface area contributed by atoms with Crippen LogP contribution in [0.5, 0.6) is 46.0 Å². The average molecular weight is 1830 g/mol. The fraction of sp³-hybridized carbons (Fsp3) is 0. The highest BCUT2D eigenvalue weighted by Gasteiger charge is 2.44. The number of aromatic nitrogens is 6. The van der Waals surface area contributed by atoms with E-state index < -0.39 is 0 Å². The number of para-hydroxylation sites is 13. The zero-order valence-corrected chi connectivity index (χ0v) is 77.3. The zero-order chi connectivity index (χ0) is 91.9. The third-order valence-corrected chi connectivity index (χ3v) is 32.3. The van der Waals surface area contributed by atoms with Crippen LogP contribution >= 0.6 is 23.5 Å². The Morgan fingerprint density at radius 3 is 0.660 bits per heavy atom. The highest BCUT2D eigenvalue weighted by atomic mass is 32.2. The zero-order valence-electron chi connectivity index (χ0n) is 75.7. The van der Waals surface area contributed by atoms with Crippen LogP contribution < -0.4 is 68.1 Å². The highest BCUT2D eigenvalue weighted by Crippen LogP contribution is 2.50. The maximum atomic E-state index is 6.69. The molecule has 6 aliphatic rings. The van der Waals surface area contributed by atoms with Crippen LogP contribution in [0, 0.1) is 0 Å². The number of nitrogens with zero attached hydrogens (tertiary/aromatic N) is 6. The molecule has 15 heteroatoms. The first-order valence-corrected chi connectivity index (χ1v) is 49.8. The summed E-state index contributed by atoms with van der Waals surface area (Å²) < 4.78 is 41.2. The van der Waals surface area contributed by atoms with Gasteiger partial charge in [0.1, 0.15) is 46.0 Å². The molecule has 6 aliphatic heterocycles. The Morgan fingerprint density at radius 2 is 0.362 bits per heavy atom. The molecule has 0 unspecified atom stereocenters. The largest absolute Gasteiger partial charge is 0.458 e. The molecule has 21 aromatic carbocycles. The third-order valence-electron chi connectivity index (χ3n) is 30.0. The van der Waals surface area contributed by atoms with E-state index in [4.69, 9.17) is 18.9 Å². The summed E-state index contributed by atoms with van der Waals surface area (Å²) in [4.78, 5) is 5.42. The van der Waals surface area contributed by atoms with Gasteiger partial charge >= 0.3 is 0 Å². The second-order valence-electron chi connectivity index (χ2n) is 37.5. The van der Waals surface area contributed by atoms with Crippen molar-refractivity contribution in [3.63, 3.8) is 0 Å². The van der Waals surface area contributed by atoms with Crippen LogP contribution in [0.1, 0.15) is 0 Å². The van der Waals surface area contributed by atoms with Crippen LogP contribution in [0.25, 0.3) is 165 Å². The summed E-state index contributed by atoms with van der Waals surface area (Å²) >= 11 is 3.84. The van der Waals surface area contributed by atoms with E-state index in [2.05, 4.69) is 458 Å². The SMILES string of the molecule is c1ccc(-n2c3ccccc3c3cc4c(cc32)c2ccccc2n4-c2cc3c4c(c2)Oc2ccccc2B4c2ccccc2O3)cc1.c1ccc(-n2c3ccccc3c3cc4c5ccccc5n(-c5cc6c7c(c5)Oc5ccccc5B7c5ccccc5O6)c4cc32)cc1.c1ccc(-n2c3ccccc3c3cc4c5ccccc5n(-c5cc6c7c(c5)Sc5ccccc5B7c5ccccc5S6)c4cc32)cc1. The Labute approximate surface area is 818 Å². The van der Waals surface area contributed by atoms with Gasteiger partial charge in [-0.1, -0.05) is 307 Å². The molecule has 12 heterocycles. The normalized spacial score (nSPS) is 13.1. The van der Waals surface area contributed by atoms with Gasteiger partial charge in [0.15, 0.2) is 0 Å². The predicted molar refractivity (Wildman–Crippen MR) is 587 cm³/mol. The van der Waals surface area contributed by atoms with E-state index in [9.17, 15) is 0 Å². The molecule has 141 heavy (non-hydrogen) atoms. The standard InChI is InChI=1S/2C42H25BN2O2.C42H25BN2S2/c1-2-12-26(13-3-1)44-34-18-8-4-14-28(34)30-25-37-31(24-36(30)44)29-15-5-9-19-35(29)45(37)27-22-40-42-41(23-27)47-39-21-11-7-17-33(39)43(42)32-16-6-10-20-38(32)46-40;2*1-2-12-26(13-3-1)44-34-18-8-4-14-28(34)30-24-31-29-15-5-9-19-35(29)45(37(31)25-36(30)44)27-22-40-42-41(23-27)47-39-21-11-7-17-33(39)43(42)32-16-6-10-20-38(32)46-40/h3*1-25H. The number of hydrogen-bond acceptors (Lipinski definition) is 6. The molecule has 33 rings (SSSR count). The molecule has 0 fully saturated rings. The van der Waals surface area contributed by atoms with Gasteiger partial charge in [-0.3, -0.25) is 0 Å². The Morgan fingerprint density at radius 1 is 0.142 bits per heavy atom. The van der Waals surface area contributed by atoms with Crippen LogP contribution in [-0.4, -0.2) is 47.5 Å². The van der Waals surface area contributed by atoms with E-state index in [-0.39, 0.29) is 20.1 Å². The van der Waals surface area contributed by atoms with Gasteiger partial charge in [-0.25, -0.2) is 0 Å². The molecule has 0 radical (unpaired) electrons. The molecule has 0 amide bonds. The molecule has 0 N–H and O–H groups in total. The number of rotatable bonds is 6. The lowest BCUT2D eigenvalue weighted by Gasteiger charge is -2.33. The van der Waals surface area contributed by atoms with E-state index in [0.717, 1.165) is 113 Å². The van der Waals surface area contributed by atoms with E-state index in [0.29, 0.717) is 0 Å². The first kappa shape index (κ1) is 78.7. The van der Waals surface area contributed by atoms with E-state index in [1.807, 2.05) is 47.8 Å². The summed E-state index contributed by atoms with van der Waals surface area (Å²) in [5.74, 6) is 6.90. The minimum absolute atomic E-state index is 0.0447. The van der Waals surface area contributed by atoms with Crippen molar-refractivity contribution in [2.24, 2.45) is 0 Å². The third kappa shape index (κ3) is 11.7. The van der Waals surface area contributed by atoms with Crippen molar-refractivity contribution in [2.75, 3.05) is 0 Å². The minimum Gasteiger partial charge on any atom is -0.458 e. The maximum Gasteiger partial charge on any atom is 0.260 e. The van der Waals surface area contributed by atoms with Crippen molar-refractivity contribution in [1.29, 1.82) is 0 Å². The molecule has 0 saturated carbocycles. The first-order valence-electron chi connectivity index (χ1n) is 48.2. The Hall–Kier alpha value is -17.5. The second-order valence-corrected chi connectivity index (χ2v) is 39.7.